The maximum Gasteiger partial charge on any atom is 0.433 e. The number of nitrogens with one attached hydrogen (secondary N) is 2. The minimum absolute atomic E-state index is 0.0136. The molecule has 0 saturated carbocycles. The molecule has 3 aromatic rings. The first kappa shape index (κ1) is 21.6. The number of fused-ring (bicyclic) bond motifs is 1. The Balaban J connectivity index is 1.92. The summed E-state index contributed by atoms with van der Waals surface area (Å²) in [6.45, 7) is 0. The van der Waals surface area contributed by atoms with E-state index >= 15 is 0 Å². The van der Waals surface area contributed by atoms with Crippen LogP contribution in [0.1, 0.15) is 11.3 Å². The van der Waals surface area contributed by atoms with Gasteiger partial charge in [-0.15, -0.1) is 0 Å². The molecule has 3 rings (SSSR count). The van der Waals surface area contributed by atoms with Gasteiger partial charge in [0.2, 0.25) is 0 Å². The van der Waals surface area contributed by atoms with Gasteiger partial charge in [0, 0.05) is 18.1 Å². The van der Waals surface area contributed by atoms with Gasteiger partial charge in [0.25, 0.3) is 0 Å². The van der Waals surface area contributed by atoms with Crippen molar-refractivity contribution in [1.82, 2.24) is 15.4 Å². The molecule has 0 radical (unpaired) electrons. The molecular formula is C18H13F6N5S. The van der Waals surface area contributed by atoms with E-state index in [0.717, 1.165) is 6.07 Å². The van der Waals surface area contributed by atoms with Crippen molar-refractivity contribution in [3.05, 3.63) is 59.8 Å². The lowest BCUT2D eigenvalue weighted by Gasteiger charge is -2.22. The van der Waals surface area contributed by atoms with Gasteiger partial charge in [-0.25, -0.2) is 9.97 Å². The third-order valence-electron chi connectivity index (χ3n) is 3.90. The standard InChI is InChI=1S/C18H13F6N5S/c1-29(28-16(30)25-10-5-3-2-4-6-10)14-8-7-11-12(17(19,20)21)9-13(18(22,23)24)26-15(11)27-14/h2-9H,1H3,(H2,25,28,30). The molecule has 2 heterocycles. The highest BCUT2D eigenvalue weighted by Gasteiger charge is 2.39. The molecule has 0 unspecified atom stereocenters. The Hall–Kier alpha value is -3.15. The van der Waals surface area contributed by atoms with E-state index in [1.54, 1.807) is 24.3 Å². The largest absolute Gasteiger partial charge is 0.433 e. The molecule has 0 aliphatic rings. The Morgan fingerprint density at radius 2 is 1.60 bits per heavy atom. The van der Waals surface area contributed by atoms with E-state index in [2.05, 4.69) is 20.7 Å². The van der Waals surface area contributed by atoms with Gasteiger partial charge in [-0.2, -0.15) is 26.3 Å². The van der Waals surface area contributed by atoms with Crippen molar-refractivity contribution >= 4 is 39.9 Å². The molecule has 2 aromatic heterocycles. The minimum atomic E-state index is -5.06. The first-order valence-corrected chi connectivity index (χ1v) is 8.68. The highest BCUT2D eigenvalue weighted by Crippen LogP contribution is 2.38. The lowest BCUT2D eigenvalue weighted by Crippen LogP contribution is -2.42. The number of nitrogens with zero attached hydrogens (tertiary/aromatic N) is 3. The number of hydrogen-bond donors (Lipinski definition) is 2. The van der Waals surface area contributed by atoms with Crippen molar-refractivity contribution < 1.29 is 26.3 Å². The molecule has 0 aliphatic carbocycles. The maximum absolute atomic E-state index is 13.3. The van der Waals surface area contributed by atoms with Crippen LogP contribution in [0.5, 0.6) is 0 Å². The van der Waals surface area contributed by atoms with Crippen molar-refractivity contribution in [3.8, 4) is 0 Å². The zero-order valence-corrected chi connectivity index (χ0v) is 16.0. The van der Waals surface area contributed by atoms with Gasteiger partial charge in [0.05, 0.1) is 5.56 Å². The van der Waals surface area contributed by atoms with E-state index < -0.39 is 34.6 Å². The molecule has 2 N–H and O–H groups in total. The van der Waals surface area contributed by atoms with Crippen molar-refractivity contribution in [2.24, 2.45) is 0 Å². The van der Waals surface area contributed by atoms with E-state index in [4.69, 9.17) is 12.2 Å². The number of aromatic nitrogens is 2. The lowest BCUT2D eigenvalue weighted by molar-refractivity contribution is -0.144. The predicted octanol–water partition coefficient (Wildman–Crippen LogP) is 5.01. The predicted molar refractivity (Wildman–Crippen MR) is 104 cm³/mol. The molecule has 0 saturated heterocycles. The van der Waals surface area contributed by atoms with Gasteiger partial charge in [0.15, 0.2) is 10.8 Å². The molecule has 0 aliphatic heterocycles. The number of hydrogen-bond acceptors (Lipinski definition) is 4. The van der Waals surface area contributed by atoms with Gasteiger partial charge in [-0.1, -0.05) is 18.2 Å². The minimum Gasteiger partial charge on any atom is -0.331 e. The Kier molecular flexibility index (Phi) is 5.70. The molecule has 1 aromatic carbocycles. The molecule has 0 atom stereocenters. The Morgan fingerprint density at radius 3 is 2.20 bits per heavy atom. The van der Waals surface area contributed by atoms with Crippen LogP contribution in [0, 0.1) is 0 Å². The molecule has 30 heavy (non-hydrogen) atoms. The number of pyridine rings is 2. The van der Waals surface area contributed by atoms with E-state index in [9.17, 15) is 26.3 Å². The van der Waals surface area contributed by atoms with Gasteiger partial charge in [0.1, 0.15) is 11.5 Å². The molecule has 5 nitrogen and oxygen atoms in total. The summed E-state index contributed by atoms with van der Waals surface area (Å²) >= 11 is 5.14. The number of rotatable bonds is 3. The molecule has 0 amide bonds. The SMILES string of the molecule is CN(NC(=S)Nc1ccccc1)c1ccc2c(C(F)(F)F)cc(C(F)(F)F)nc2n1. The highest BCUT2D eigenvalue weighted by atomic mass is 32.1. The van der Waals surface area contributed by atoms with Crippen LogP contribution >= 0.6 is 12.2 Å². The fraction of sp³-hybridized carbons (Fsp3) is 0.167. The number of alkyl halides is 6. The second-order valence-electron chi connectivity index (χ2n) is 6.08. The smallest absolute Gasteiger partial charge is 0.331 e. The van der Waals surface area contributed by atoms with E-state index in [1.807, 2.05) is 6.07 Å². The molecule has 12 heteroatoms. The van der Waals surface area contributed by atoms with Crippen LogP contribution in [0.3, 0.4) is 0 Å². The summed E-state index contributed by atoms with van der Waals surface area (Å²) in [5.74, 6) is 0.0136. The number of thiocarbonyl (C=S) groups is 1. The van der Waals surface area contributed by atoms with Gasteiger partial charge < -0.3 is 5.32 Å². The zero-order chi connectivity index (χ0) is 22.1. The van der Waals surface area contributed by atoms with E-state index in [1.165, 1.54) is 18.1 Å². The third-order valence-corrected chi connectivity index (χ3v) is 4.09. The van der Waals surface area contributed by atoms with E-state index in [0.29, 0.717) is 5.69 Å². The van der Waals surface area contributed by atoms with Crippen LogP contribution < -0.4 is 15.8 Å². The molecular weight excluding hydrogens is 432 g/mol. The normalized spacial score (nSPS) is 12.0. The molecule has 0 spiro atoms. The Bertz CT molecular complexity index is 1070. The van der Waals surface area contributed by atoms with Crippen molar-refractivity contribution in [2.75, 3.05) is 17.4 Å². The second kappa shape index (κ2) is 7.94. The maximum atomic E-state index is 13.3. The van der Waals surface area contributed by atoms with Crippen LogP contribution in [0.25, 0.3) is 11.0 Å². The van der Waals surface area contributed by atoms with Crippen LogP contribution in [-0.4, -0.2) is 22.1 Å². The van der Waals surface area contributed by atoms with Gasteiger partial charge in [-0.05, 0) is 42.5 Å². The monoisotopic (exact) mass is 445 g/mol. The Morgan fingerprint density at radius 1 is 0.933 bits per heavy atom. The Labute approximate surface area is 171 Å². The zero-order valence-electron chi connectivity index (χ0n) is 15.1. The first-order valence-electron chi connectivity index (χ1n) is 8.28. The molecule has 158 valence electrons. The van der Waals surface area contributed by atoms with Crippen LogP contribution in [-0.2, 0) is 12.4 Å². The molecule has 0 bridgehead atoms. The first-order chi connectivity index (χ1) is 13.9. The number of halogens is 6. The fourth-order valence-electron chi connectivity index (χ4n) is 2.55. The topological polar surface area (TPSA) is 53.1 Å². The summed E-state index contributed by atoms with van der Waals surface area (Å²) in [7, 11) is 1.45. The van der Waals surface area contributed by atoms with Crippen molar-refractivity contribution in [1.29, 1.82) is 0 Å². The van der Waals surface area contributed by atoms with Crippen molar-refractivity contribution in [3.63, 3.8) is 0 Å². The summed E-state index contributed by atoms with van der Waals surface area (Å²) in [4.78, 5) is 7.12. The number of hydrazine groups is 1. The van der Waals surface area contributed by atoms with Crippen LogP contribution in [0.15, 0.2) is 48.5 Å². The van der Waals surface area contributed by atoms with Crippen LogP contribution in [0.2, 0.25) is 0 Å². The van der Waals surface area contributed by atoms with Gasteiger partial charge in [-0.3, -0.25) is 10.4 Å². The second-order valence-corrected chi connectivity index (χ2v) is 6.49. The number of benzene rings is 1. The summed E-state index contributed by atoms with van der Waals surface area (Å²) in [6.07, 6.45) is -10.1. The quantitative estimate of drug-likeness (QED) is 0.336. The summed E-state index contributed by atoms with van der Waals surface area (Å²) in [5, 5.41) is 3.71. The average Bonchev–Trinajstić information content (AvgIpc) is 2.65. The third kappa shape index (κ3) is 4.87. The number of para-hydroxylation sites is 1. The summed E-state index contributed by atoms with van der Waals surface area (Å²) in [6, 6.07) is 11.1. The summed E-state index contributed by atoms with van der Waals surface area (Å²) < 4.78 is 78.8. The number of anilines is 2. The molecule has 0 fully saturated rings. The van der Waals surface area contributed by atoms with Crippen LogP contribution in [0.4, 0.5) is 37.8 Å². The fourth-order valence-corrected chi connectivity index (χ4v) is 2.81. The lowest BCUT2D eigenvalue weighted by atomic mass is 10.1. The van der Waals surface area contributed by atoms with Gasteiger partial charge >= 0.3 is 12.4 Å². The van der Waals surface area contributed by atoms with Crippen molar-refractivity contribution in [2.45, 2.75) is 12.4 Å². The van der Waals surface area contributed by atoms with E-state index in [-0.39, 0.29) is 17.0 Å². The summed E-state index contributed by atoms with van der Waals surface area (Å²) in [5.41, 5.74) is -0.429. The average molecular weight is 445 g/mol. The highest BCUT2D eigenvalue weighted by molar-refractivity contribution is 7.80.